The third-order valence-electron chi connectivity index (χ3n) is 4.13. The zero-order chi connectivity index (χ0) is 14.5. The fraction of sp³-hybridized carbons (Fsp3) is 0.562. The van der Waals surface area contributed by atoms with Gasteiger partial charge in [-0.3, -0.25) is 0 Å². The maximum absolute atomic E-state index is 13.7. The third-order valence-corrected chi connectivity index (χ3v) is 4.13. The standard InChI is InChI=1S/C16H22FNO2/c1-11-3-2-4-14(7-5-11)18-10-13-9-12(16(19)20)6-8-15(13)17/h6,8-9,11,14,18H,2-5,7,10H2,1H3,(H,19,20). The topological polar surface area (TPSA) is 49.3 Å². The molecule has 0 aromatic heterocycles. The highest BCUT2D eigenvalue weighted by atomic mass is 19.1. The monoisotopic (exact) mass is 279 g/mol. The molecule has 3 nitrogen and oxygen atoms in total. The molecule has 20 heavy (non-hydrogen) atoms. The lowest BCUT2D eigenvalue weighted by atomic mass is 10.0. The van der Waals surface area contributed by atoms with Crippen LogP contribution in [-0.2, 0) is 6.54 Å². The van der Waals surface area contributed by atoms with Gasteiger partial charge in [0.2, 0.25) is 0 Å². The Morgan fingerprint density at radius 3 is 2.90 bits per heavy atom. The molecular weight excluding hydrogens is 257 g/mol. The van der Waals surface area contributed by atoms with Gasteiger partial charge in [-0.15, -0.1) is 0 Å². The first kappa shape index (κ1) is 15.0. The van der Waals surface area contributed by atoms with Crippen molar-refractivity contribution in [3.05, 3.63) is 35.1 Å². The molecule has 1 aromatic rings. The van der Waals surface area contributed by atoms with Crippen LogP contribution in [0.3, 0.4) is 0 Å². The van der Waals surface area contributed by atoms with Crippen LogP contribution in [0.25, 0.3) is 0 Å². The van der Waals surface area contributed by atoms with Crippen molar-refractivity contribution in [2.24, 2.45) is 5.92 Å². The molecule has 0 amide bonds. The molecule has 2 unspecified atom stereocenters. The number of hydrogen-bond donors (Lipinski definition) is 2. The summed E-state index contributed by atoms with van der Waals surface area (Å²) in [6.07, 6.45) is 5.90. The lowest BCUT2D eigenvalue weighted by Crippen LogP contribution is -2.28. The van der Waals surface area contributed by atoms with E-state index >= 15 is 0 Å². The Morgan fingerprint density at radius 1 is 1.35 bits per heavy atom. The number of carboxylic acids is 1. The highest BCUT2D eigenvalue weighted by Gasteiger charge is 2.16. The molecule has 0 heterocycles. The molecule has 2 rings (SSSR count). The summed E-state index contributed by atoms with van der Waals surface area (Å²) in [4.78, 5) is 10.9. The van der Waals surface area contributed by atoms with Crippen LogP contribution in [-0.4, -0.2) is 17.1 Å². The Labute approximate surface area is 119 Å². The Morgan fingerprint density at radius 2 is 2.15 bits per heavy atom. The Kier molecular flexibility index (Phi) is 5.12. The zero-order valence-corrected chi connectivity index (χ0v) is 11.9. The summed E-state index contributed by atoms with van der Waals surface area (Å²) in [6.45, 7) is 2.67. The van der Waals surface area contributed by atoms with Crippen LogP contribution >= 0.6 is 0 Å². The van der Waals surface area contributed by atoms with E-state index in [0.29, 0.717) is 18.2 Å². The second-order valence-corrected chi connectivity index (χ2v) is 5.80. The lowest BCUT2D eigenvalue weighted by Gasteiger charge is -2.17. The summed E-state index contributed by atoms with van der Waals surface area (Å²) < 4.78 is 13.7. The van der Waals surface area contributed by atoms with Crippen molar-refractivity contribution < 1.29 is 14.3 Å². The first-order valence-electron chi connectivity index (χ1n) is 7.31. The Balaban J connectivity index is 1.96. The Hall–Kier alpha value is -1.42. The summed E-state index contributed by atoms with van der Waals surface area (Å²) >= 11 is 0. The van der Waals surface area contributed by atoms with Crippen molar-refractivity contribution in [3.63, 3.8) is 0 Å². The molecular formula is C16H22FNO2. The van der Waals surface area contributed by atoms with Gasteiger partial charge in [-0.1, -0.05) is 19.8 Å². The molecule has 2 N–H and O–H groups in total. The minimum Gasteiger partial charge on any atom is -0.478 e. The van der Waals surface area contributed by atoms with Crippen LogP contribution in [0.2, 0.25) is 0 Å². The Bertz CT molecular complexity index is 476. The summed E-state index contributed by atoms with van der Waals surface area (Å²) in [6, 6.07) is 4.36. The van der Waals surface area contributed by atoms with E-state index in [1.807, 2.05) is 0 Å². The van der Waals surface area contributed by atoms with E-state index in [1.165, 1.54) is 37.5 Å². The van der Waals surface area contributed by atoms with Gasteiger partial charge in [0.1, 0.15) is 5.82 Å². The molecule has 0 aliphatic heterocycles. The van der Waals surface area contributed by atoms with E-state index in [-0.39, 0.29) is 11.4 Å². The molecule has 1 aliphatic rings. The van der Waals surface area contributed by atoms with Gasteiger partial charge in [0.15, 0.2) is 0 Å². The van der Waals surface area contributed by atoms with Gasteiger partial charge >= 0.3 is 5.97 Å². The van der Waals surface area contributed by atoms with E-state index in [9.17, 15) is 9.18 Å². The highest BCUT2D eigenvalue weighted by Crippen LogP contribution is 2.23. The van der Waals surface area contributed by atoms with Gasteiger partial charge in [0.05, 0.1) is 5.56 Å². The molecule has 4 heteroatoms. The second kappa shape index (κ2) is 6.84. The summed E-state index contributed by atoms with van der Waals surface area (Å²) in [5.41, 5.74) is 0.569. The fourth-order valence-electron chi connectivity index (χ4n) is 2.79. The number of hydrogen-bond acceptors (Lipinski definition) is 2. The largest absolute Gasteiger partial charge is 0.478 e. The summed E-state index contributed by atoms with van der Waals surface area (Å²) in [5.74, 6) is -0.590. The lowest BCUT2D eigenvalue weighted by molar-refractivity contribution is 0.0696. The average Bonchev–Trinajstić information content (AvgIpc) is 2.62. The second-order valence-electron chi connectivity index (χ2n) is 5.80. The van der Waals surface area contributed by atoms with E-state index < -0.39 is 5.97 Å². The summed E-state index contributed by atoms with van der Waals surface area (Å²) in [7, 11) is 0. The van der Waals surface area contributed by atoms with Crippen molar-refractivity contribution in [2.75, 3.05) is 0 Å². The minimum atomic E-state index is -1.02. The molecule has 0 saturated heterocycles. The SMILES string of the molecule is CC1CCCC(NCc2cc(C(=O)O)ccc2F)CC1. The van der Waals surface area contributed by atoms with Crippen LogP contribution in [0.15, 0.2) is 18.2 Å². The number of aromatic carboxylic acids is 1. The maximum atomic E-state index is 13.7. The van der Waals surface area contributed by atoms with E-state index in [2.05, 4.69) is 12.2 Å². The predicted molar refractivity (Wildman–Crippen MR) is 76.2 cm³/mol. The normalized spacial score (nSPS) is 23.3. The molecule has 0 spiro atoms. The van der Waals surface area contributed by atoms with Crippen molar-refractivity contribution >= 4 is 5.97 Å². The van der Waals surface area contributed by atoms with Gasteiger partial charge in [-0.05, 0) is 43.4 Å². The van der Waals surface area contributed by atoms with Gasteiger partial charge in [-0.2, -0.15) is 0 Å². The number of benzene rings is 1. The quantitative estimate of drug-likeness (QED) is 0.828. The van der Waals surface area contributed by atoms with Crippen LogP contribution in [0.5, 0.6) is 0 Å². The van der Waals surface area contributed by atoms with Gasteiger partial charge in [0.25, 0.3) is 0 Å². The van der Waals surface area contributed by atoms with Crippen LogP contribution in [0, 0.1) is 11.7 Å². The number of rotatable bonds is 4. The molecule has 0 radical (unpaired) electrons. The number of carbonyl (C=O) groups is 1. The molecule has 2 atom stereocenters. The van der Waals surface area contributed by atoms with Crippen LogP contribution < -0.4 is 5.32 Å². The predicted octanol–water partition coefficient (Wildman–Crippen LogP) is 3.58. The van der Waals surface area contributed by atoms with Gasteiger partial charge < -0.3 is 10.4 Å². The summed E-state index contributed by atoms with van der Waals surface area (Å²) in [5, 5.41) is 12.3. The van der Waals surface area contributed by atoms with E-state index in [4.69, 9.17) is 5.11 Å². The number of halogens is 1. The zero-order valence-electron chi connectivity index (χ0n) is 11.9. The first-order chi connectivity index (χ1) is 9.56. The van der Waals surface area contributed by atoms with Crippen molar-refractivity contribution in [2.45, 2.75) is 51.6 Å². The highest BCUT2D eigenvalue weighted by molar-refractivity contribution is 5.87. The number of nitrogens with one attached hydrogen (secondary N) is 1. The molecule has 1 aliphatic carbocycles. The molecule has 1 aromatic carbocycles. The van der Waals surface area contributed by atoms with Gasteiger partial charge in [-0.25, -0.2) is 9.18 Å². The van der Waals surface area contributed by atoms with Crippen molar-refractivity contribution in [3.8, 4) is 0 Å². The molecule has 1 fully saturated rings. The third kappa shape index (κ3) is 4.04. The van der Waals surface area contributed by atoms with Crippen LogP contribution in [0.1, 0.15) is 54.9 Å². The van der Waals surface area contributed by atoms with Crippen LogP contribution in [0.4, 0.5) is 4.39 Å². The number of carboxylic acid groups (broad SMARTS) is 1. The molecule has 1 saturated carbocycles. The maximum Gasteiger partial charge on any atom is 0.335 e. The van der Waals surface area contributed by atoms with Crippen molar-refractivity contribution in [1.29, 1.82) is 0 Å². The molecule has 110 valence electrons. The first-order valence-corrected chi connectivity index (χ1v) is 7.31. The fourth-order valence-corrected chi connectivity index (χ4v) is 2.79. The smallest absolute Gasteiger partial charge is 0.335 e. The van der Waals surface area contributed by atoms with Gasteiger partial charge in [0, 0.05) is 18.2 Å². The minimum absolute atomic E-state index is 0.137. The molecule has 0 bridgehead atoms. The van der Waals surface area contributed by atoms with Crippen molar-refractivity contribution in [1.82, 2.24) is 5.32 Å². The van der Waals surface area contributed by atoms with E-state index in [0.717, 1.165) is 18.8 Å². The van der Waals surface area contributed by atoms with E-state index in [1.54, 1.807) is 0 Å². The average molecular weight is 279 g/mol.